The topological polar surface area (TPSA) is 111 Å². The van der Waals surface area contributed by atoms with Crippen molar-refractivity contribution in [3.63, 3.8) is 0 Å². The second kappa shape index (κ2) is 11.7. The maximum absolute atomic E-state index is 13.4. The Morgan fingerprint density at radius 2 is 0.789 bits per heavy atom. The molecular weight excluding hydrogens is 484 g/mol. The third-order valence-electron chi connectivity index (χ3n) is 5.79. The van der Waals surface area contributed by atoms with E-state index < -0.39 is 23.8 Å². The van der Waals surface area contributed by atoms with Crippen LogP contribution in [0, 0.1) is 0 Å². The van der Waals surface area contributed by atoms with E-state index in [0.29, 0.717) is 33.6 Å². The summed E-state index contributed by atoms with van der Waals surface area (Å²) < 4.78 is 9.63. The predicted molar refractivity (Wildman–Crippen MR) is 143 cm³/mol. The first-order chi connectivity index (χ1) is 18.4. The lowest BCUT2D eigenvalue weighted by atomic mass is 9.94. The second-order valence-electron chi connectivity index (χ2n) is 8.07. The number of anilines is 2. The summed E-state index contributed by atoms with van der Waals surface area (Å²) in [6, 6.07) is 26.7. The van der Waals surface area contributed by atoms with Crippen LogP contribution in [-0.2, 0) is 9.47 Å². The Bertz CT molecular complexity index is 1410. The molecule has 0 aliphatic heterocycles. The van der Waals surface area contributed by atoms with E-state index in [-0.39, 0.29) is 11.1 Å². The van der Waals surface area contributed by atoms with Gasteiger partial charge in [0.1, 0.15) is 0 Å². The first-order valence-corrected chi connectivity index (χ1v) is 11.6. The van der Waals surface area contributed by atoms with Crippen molar-refractivity contribution in [2.24, 2.45) is 0 Å². The predicted octanol–water partition coefficient (Wildman–Crippen LogP) is 5.43. The van der Waals surface area contributed by atoms with Crippen molar-refractivity contribution < 1.29 is 28.7 Å². The summed E-state index contributed by atoms with van der Waals surface area (Å²) in [5, 5.41) is 5.55. The molecule has 0 heterocycles. The van der Waals surface area contributed by atoms with Crippen molar-refractivity contribution in [3.8, 4) is 11.1 Å². The number of rotatable bonds is 7. The van der Waals surface area contributed by atoms with Gasteiger partial charge in [-0.2, -0.15) is 0 Å². The molecule has 0 radical (unpaired) electrons. The fraction of sp³-hybridized carbons (Fsp3) is 0.0667. The maximum atomic E-state index is 13.4. The van der Waals surface area contributed by atoms with Gasteiger partial charge in [-0.05, 0) is 47.5 Å². The third-order valence-corrected chi connectivity index (χ3v) is 5.79. The Morgan fingerprint density at radius 1 is 0.474 bits per heavy atom. The van der Waals surface area contributed by atoms with Crippen LogP contribution in [-0.4, -0.2) is 38.0 Å². The smallest absolute Gasteiger partial charge is 0.339 e. The minimum Gasteiger partial charge on any atom is -0.465 e. The molecule has 0 aromatic heterocycles. The van der Waals surface area contributed by atoms with Gasteiger partial charge in [0.05, 0.1) is 36.7 Å². The quantitative estimate of drug-likeness (QED) is 0.322. The van der Waals surface area contributed by atoms with E-state index in [1.807, 2.05) is 0 Å². The molecule has 0 aliphatic rings. The average molecular weight is 509 g/mol. The van der Waals surface area contributed by atoms with Crippen LogP contribution in [0.4, 0.5) is 11.4 Å². The van der Waals surface area contributed by atoms with Crippen molar-refractivity contribution in [2.45, 2.75) is 0 Å². The number of benzene rings is 4. The number of hydrogen-bond donors (Lipinski definition) is 2. The molecule has 4 rings (SSSR count). The summed E-state index contributed by atoms with van der Waals surface area (Å²) in [7, 11) is 2.53. The molecule has 38 heavy (non-hydrogen) atoms. The van der Waals surface area contributed by atoms with E-state index in [9.17, 15) is 19.2 Å². The van der Waals surface area contributed by atoms with Crippen LogP contribution in [0.1, 0.15) is 41.4 Å². The number of carbonyl (C=O) groups excluding carboxylic acids is 4. The Morgan fingerprint density at radius 3 is 1.16 bits per heavy atom. The average Bonchev–Trinajstić information content (AvgIpc) is 2.96. The van der Waals surface area contributed by atoms with Crippen molar-refractivity contribution in [2.75, 3.05) is 24.9 Å². The standard InChI is InChI=1S/C30H24N2O6/c1-37-29(35)23-15-7-9-17-25(23)31-27(33)21-13-5-3-11-19(21)20-12-4-6-14-22(20)28(34)32-26-18-10-8-16-24(26)30(36)38-2/h3-18H,1-2H3,(H,31,33)(H,32,34). The van der Waals surface area contributed by atoms with Crippen LogP contribution in [0.5, 0.6) is 0 Å². The highest BCUT2D eigenvalue weighted by Crippen LogP contribution is 2.29. The molecule has 0 atom stereocenters. The monoisotopic (exact) mass is 508 g/mol. The molecule has 0 unspecified atom stereocenters. The zero-order chi connectivity index (χ0) is 27.1. The van der Waals surface area contributed by atoms with E-state index in [1.165, 1.54) is 14.2 Å². The molecule has 4 aromatic rings. The van der Waals surface area contributed by atoms with Crippen molar-refractivity contribution >= 4 is 35.1 Å². The summed E-state index contributed by atoms with van der Waals surface area (Å²) in [6.45, 7) is 0. The van der Waals surface area contributed by atoms with Gasteiger partial charge in [0, 0.05) is 11.1 Å². The number of nitrogens with one attached hydrogen (secondary N) is 2. The molecule has 0 saturated heterocycles. The normalized spacial score (nSPS) is 10.3. The number of esters is 2. The zero-order valence-electron chi connectivity index (χ0n) is 20.7. The molecule has 8 heteroatoms. The molecule has 2 N–H and O–H groups in total. The van der Waals surface area contributed by atoms with Gasteiger partial charge in [-0.25, -0.2) is 9.59 Å². The second-order valence-corrected chi connectivity index (χ2v) is 8.07. The molecule has 0 spiro atoms. The summed E-state index contributed by atoms with van der Waals surface area (Å²) in [6.07, 6.45) is 0. The van der Waals surface area contributed by atoms with Gasteiger partial charge in [-0.15, -0.1) is 0 Å². The van der Waals surface area contributed by atoms with Crippen molar-refractivity contribution in [1.82, 2.24) is 0 Å². The largest absolute Gasteiger partial charge is 0.465 e. The SMILES string of the molecule is COC(=O)c1ccccc1NC(=O)c1ccccc1-c1ccccc1C(=O)Nc1ccccc1C(=O)OC. The van der Waals surface area contributed by atoms with Crippen molar-refractivity contribution in [3.05, 3.63) is 119 Å². The van der Waals surface area contributed by atoms with Crippen LogP contribution in [0.25, 0.3) is 11.1 Å². The Hall–Kier alpha value is -5.24. The van der Waals surface area contributed by atoms with Gasteiger partial charge >= 0.3 is 11.9 Å². The van der Waals surface area contributed by atoms with Gasteiger partial charge in [-0.1, -0.05) is 60.7 Å². The van der Waals surface area contributed by atoms with E-state index in [1.54, 1.807) is 97.1 Å². The van der Waals surface area contributed by atoms with Gasteiger partial charge in [0.25, 0.3) is 11.8 Å². The van der Waals surface area contributed by atoms with Gasteiger partial charge in [-0.3, -0.25) is 9.59 Å². The maximum Gasteiger partial charge on any atom is 0.339 e. The highest BCUT2D eigenvalue weighted by molar-refractivity contribution is 6.15. The fourth-order valence-electron chi connectivity index (χ4n) is 3.97. The first kappa shape index (κ1) is 25.8. The van der Waals surface area contributed by atoms with Crippen molar-refractivity contribution in [1.29, 1.82) is 0 Å². The highest BCUT2D eigenvalue weighted by atomic mass is 16.5. The van der Waals surface area contributed by atoms with Gasteiger partial charge in [0.2, 0.25) is 0 Å². The molecule has 0 aliphatic carbocycles. The zero-order valence-corrected chi connectivity index (χ0v) is 20.7. The molecular formula is C30H24N2O6. The number of hydrogen-bond acceptors (Lipinski definition) is 6. The van der Waals surface area contributed by atoms with Crippen LogP contribution in [0.2, 0.25) is 0 Å². The summed E-state index contributed by atoms with van der Waals surface area (Å²) in [5.41, 5.74) is 2.62. The first-order valence-electron chi connectivity index (χ1n) is 11.6. The van der Waals surface area contributed by atoms with Crippen LogP contribution < -0.4 is 10.6 Å². The van der Waals surface area contributed by atoms with E-state index in [2.05, 4.69) is 10.6 Å². The third kappa shape index (κ3) is 5.44. The lowest BCUT2D eigenvalue weighted by Gasteiger charge is -2.15. The van der Waals surface area contributed by atoms with Crippen LogP contribution >= 0.6 is 0 Å². The Kier molecular flexibility index (Phi) is 7.93. The molecule has 0 saturated carbocycles. The molecule has 4 aromatic carbocycles. The van der Waals surface area contributed by atoms with Gasteiger partial charge in [0.15, 0.2) is 0 Å². The molecule has 0 bridgehead atoms. The summed E-state index contributed by atoms with van der Waals surface area (Å²) in [4.78, 5) is 51.1. The lowest BCUT2D eigenvalue weighted by Crippen LogP contribution is -2.18. The number of methoxy groups -OCH3 is 2. The number of carbonyl (C=O) groups is 4. The number of amides is 2. The molecule has 0 fully saturated rings. The molecule has 8 nitrogen and oxygen atoms in total. The lowest BCUT2D eigenvalue weighted by molar-refractivity contribution is 0.0592. The minimum absolute atomic E-state index is 0.213. The van der Waals surface area contributed by atoms with Gasteiger partial charge < -0.3 is 20.1 Å². The number of ether oxygens (including phenoxy) is 2. The van der Waals surface area contributed by atoms with Crippen LogP contribution in [0.15, 0.2) is 97.1 Å². The van der Waals surface area contributed by atoms with Crippen LogP contribution in [0.3, 0.4) is 0 Å². The fourth-order valence-corrected chi connectivity index (χ4v) is 3.97. The Balaban J connectivity index is 1.69. The summed E-state index contributed by atoms with van der Waals surface area (Å²) in [5.74, 6) is -2.10. The van der Waals surface area contributed by atoms with E-state index in [0.717, 1.165) is 0 Å². The Labute approximate surface area is 219 Å². The minimum atomic E-state index is -0.580. The molecule has 190 valence electrons. The van der Waals surface area contributed by atoms with E-state index >= 15 is 0 Å². The number of para-hydroxylation sites is 2. The summed E-state index contributed by atoms with van der Waals surface area (Å²) >= 11 is 0. The highest BCUT2D eigenvalue weighted by Gasteiger charge is 2.21. The molecule has 2 amide bonds. The van der Waals surface area contributed by atoms with E-state index in [4.69, 9.17) is 9.47 Å².